The molecule has 0 spiro atoms. The molecule has 0 heterocycles. The Labute approximate surface area is 108 Å². The van der Waals surface area contributed by atoms with Crippen LogP contribution >= 0.6 is 0 Å². The maximum atomic E-state index is 6.30. The van der Waals surface area contributed by atoms with E-state index in [0.29, 0.717) is 0 Å². The van der Waals surface area contributed by atoms with Crippen molar-refractivity contribution in [1.82, 2.24) is 0 Å². The van der Waals surface area contributed by atoms with E-state index in [1.165, 1.54) is 0 Å². The highest BCUT2D eigenvalue weighted by molar-refractivity contribution is 5.46. The molecule has 2 N–H and O–H groups in total. The lowest BCUT2D eigenvalue weighted by Crippen LogP contribution is -2.12. The molecule has 0 aliphatic rings. The summed E-state index contributed by atoms with van der Waals surface area (Å²) in [6, 6.07) is 14.2. The second kappa shape index (κ2) is 5.23. The van der Waals surface area contributed by atoms with Crippen LogP contribution in [0, 0.1) is 13.8 Å². The van der Waals surface area contributed by atoms with Gasteiger partial charge in [0.05, 0.1) is 13.2 Å². The zero-order chi connectivity index (χ0) is 13.1. The summed E-state index contributed by atoms with van der Waals surface area (Å²) >= 11 is 0. The molecule has 0 saturated heterocycles. The number of hydrogen-bond acceptors (Lipinski definition) is 2. The average molecular weight is 241 g/mol. The minimum Gasteiger partial charge on any atom is -0.496 e. The zero-order valence-corrected chi connectivity index (χ0v) is 11.1. The first-order valence-electron chi connectivity index (χ1n) is 6.09. The molecule has 0 saturated carbocycles. The molecule has 1 unspecified atom stereocenters. The van der Waals surface area contributed by atoms with Gasteiger partial charge in [-0.1, -0.05) is 42.5 Å². The second-order valence-corrected chi connectivity index (χ2v) is 4.58. The van der Waals surface area contributed by atoms with E-state index < -0.39 is 0 Å². The molecule has 2 aromatic carbocycles. The van der Waals surface area contributed by atoms with Crippen molar-refractivity contribution in [3.05, 3.63) is 64.7 Å². The molecule has 0 aliphatic heterocycles. The fraction of sp³-hybridized carbons (Fsp3) is 0.250. The van der Waals surface area contributed by atoms with E-state index in [9.17, 15) is 0 Å². The molecule has 2 nitrogen and oxygen atoms in total. The highest BCUT2D eigenvalue weighted by Crippen LogP contribution is 2.28. The number of aryl methyl sites for hydroxylation is 2. The highest BCUT2D eigenvalue weighted by atomic mass is 16.5. The van der Waals surface area contributed by atoms with Crippen LogP contribution in [0.4, 0.5) is 0 Å². The summed E-state index contributed by atoms with van der Waals surface area (Å²) in [6.07, 6.45) is 0. The summed E-state index contributed by atoms with van der Waals surface area (Å²) in [4.78, 5) is 0. The van der Waals surface area contributed by atoms with Crippen molar-refractivity contribution in [2.45, 2.75) is 19.9 Å². The fourth-order valence-corrected chi connectivity index (χ4v) is 2.34. The van der Waals surface area contributed by atoms with Crippen LogP contribution in [0.3, 0.4) is 0 Å². The molecule has 0 radical (unpaired) electrons. The summed E-state index contributed by atoms with van der Waals surface area (Å²) in [5, 5.41) is 0. The first-order valence-corrected chi connectivity index (χ1v) is 6.09. The monoisotopic (exact) mass is 241 g/mol. The van der Waals surface area contributed by atoms with Crippen molar-refractivity contribution < 1.29 is 4.74 Å². The molecule has 2 rings (SSSR count). The molecule has 0 aliphatic carbocycles. The minimum absolute atomic E-state index is 0.0884. The molecule has 0 amide bonds. The van der Waals surface area contributed by atoms with Gasteiger partial charge in [-0.05, 0) is 36.1 Å². The molecule has 2 aromatic rings. The van der Waals surface area contributed by atoms with Gasteiger partial charge in [-0.15, -0.1) is 0 Å². The van der Waals surface area contributed by atoms with Gasteiger partial charge in [-0.3, -0.25) is 0 Å². The minimum atomic E-state index is -0.0884. The fourth-order valence-electron chi connectivity index (χ4n) is 2.34. The van der Waals surface area contributed by atoms with Gasteiger partial charge in [0.2, 0.25) is 0 Å². The number of nitrogens with two attached hydrogens (primary N) is 1. The molecular formula is C16H19NO. The Morgan fingerprint density at radius 1 is 0.944 bits per heavy atom. The second-order valence-electron chi connectivity index (χ2n) is 4.58. The summed E-state index contributed by atoms with van der Waals surface area (Å²) in [7, 11) is 1.70. The van der Waals surface area contributed by atoms with Gasteiger partial charge in [0.15, 0.2) is 0 Å². The van der Waals surface area contributed by atoms with E-state index in [-0.39, 0.29) is 6.04 Å². The van der Waals surface area contributed by atoms with Gasteiger partial charge in [0, 0.05) is 0 Å². The quantitative estimate of drug-likeness (QED) is 0.894. The molecular weight excluding hydrogens is 222 g/mol. The first kappa shape index (κ1) is 12.7. The number of rotatable bonds is 3. The van der Waals surface area contributed by atoms with Crippen LogP contribution in [0.25, 0.3) is 0 Å². The van der Waals surface area contributed by atoms with E-state index in [4.69, 9.17) is 10.5 Å². The Balaban J connectivity index is 2.41. The third-order valence-corrected chi connectivity index (χ3v) is 3.20. The van der Waals surface area contributed by atoms with Crippen molar-refractivity contribution >= 4 is 0 Å². The van der Waals surface area contributed by atoms with Crippen LogP contribution in [0.2, 0.25) is 0 Å². The van der Waals surface area contributed by atoms with E-state index in [0.717, 1.165) is 28.0 Å². The average Bonchev–Trinajstić information content (AvgIpc) is 2.38. The Kier molecular flexibility index (Phi) is 3.68. The normalized spacial score (nSPS) is 12.2. The van der Waals surface area contributed by atoms with Crippen LogP contribution in [0.5, 0.6) is 5.75 Å². The molecule has 0 fully saturated rings. The molecule has 1 atom stereocenters. The first-order chi connectivity index (χ1) is 8.63. The van der Waals surface area contributed by atoms with Crippen LogP contribution in [0.1, 0.15) is 28.3 Å². The van der Waals surface area contributed by atoms with Gasteiger partial charge in [0.1, 0.15) is 5.75 Å². The SMILES string of the molecule is COc1c(C)cc(C(N)c2ccccc2)cc1C. The topological polar surface area (TPSA) is 35.2 Å². The van der Waals surface area contributed by atoms with Crippen molar-refractivity contribution in [3.8, 4) is 5.75 Å². The van der Waals surface area contributed by atoms with E-state index >= 15 is 0 Å². The predicted molar refractivity (Wildman–Crippen MR) is 74.9 cm³/mol. The van der Waals surface area contributed by atoms with Crippen LogP contribution < -0.4 is 10.5 Å². The smallest absolute Gasteiger partial charge is 0.124 e. The number of methoxy groups -OCH3 is 1. The van der Waals surface area contributed by atoms with Gasteiger partial charge in [-0.2, -0.15) is 0 Å². The Morgan fingerprint density at radius 3 is 2.00 bits per heavy atom. The number of hydrogen-bond donors (Lipinski definition) is 1. The van der Waals surface area contributed by atoms with Crippen LogP contribution in [-0.2, 0) is 0 Å². The van der Waals surface area contributed by atoms with Crippen molar-refractivity contribution in [2.24, 2.45) is 5.73 Å². The molecule has 2 heteroatoms. The third-order valence-electron chi connectivity index (χ3n) is 3.20. The van der Waals surface area contributed by atoms with Gasteiger partial charge < -0.3 is 10.5 Å². The van der Waals surface area contributed by atoms with Crippen molar-refractivity contribution in [2.75, 3.05) is 7.11 Å². The molecule has 0 aromatic heterocycles. The van der Waals surface area contributed by atoms with Gasteiger partial charge in [0.25, 0.3) is 0 Å². The molecule has 18 heavy (non-hydrogen) atoms. The largest absolute Gasteiger partial charge is 0.496 e. The lowest BCUT2D eigenvalue weighted by atomic mass is 9.96. The van der Waals surface area contributed by atoms with Crippen molar-refractivity contribution in [3.63, 3.8) is 0 Å². The third kappa shape index (κ3) is 2.39. The maximum Gasteiger partial charge on any atom is 0.124 e. The van der Waals surface area contributed by atoms with Crippen LogP contribution in [-0.4, -0.2) is 7.11 Å². The van der Waals surface area contributed by atoms with Crippen molar-refractivity contribution in [1.29, 1.82) is 0 Å². The summed E-state index contributed by atoms with van der Waals surface area (Å²) < 4.78 is 5.38. The van der Waals surface area contributed by atoms with Gasteiger partial charge >= 0.3 is 0 Å². The van der Waals surface area contributed by atoms with E-state index in [1.54, 1.807) is 7.11 Å². The number of benzene rings is 2. The van der Waals surface area contributed by atoms with Gasteiger partial charge in [-0.25, -0.2) is 0 Å². The summed E-state index contributed by atoms with van der Waals surface area (Å²) in [5.74, 6) is 0.944. The van der Waals surface area contributed by atoms with Crippen LogP contribution in [0.15, 0.2) is 42.5 Å². The summed E-state index contributed by atoms with van der Waals surface area (Å²) in [6.45, 7) is 4.10. The highest BCUT2D eigenvalue weighted by Gasteiger charge is 2.12. The summed E-state index contributed by atoms with van der Waals surface area (Å²) in [5.41, 5.74) is 10.8. The van der Waals surface area contributed by atoms with E-state index in [1.807, 2.05) is 32.0 Å². The Morgan fingerprint density at radius 2 is 1.50 bits per heavy atom. The lowest BCUT2D eigenvalue weighted by molar-refractivity contribution is 0.408. The lowest BCUT2D eigenvalue weighted by Gasteiger charge is -2.16. The Hall–Kier alpha value is -1.80. The standard InChI is InChI=1S/C16H19NO/c1-11-9-14(10-12(2)16(11)18-3)15(17)13-7-5-4-6-8-13/h4-10,15H,17H2,1-3H3. The van der Waals surface area contributed by atoms with E-state index in [2.05, 4.69) is 24.3 Å². The molecule has 0 bridgehead atoms. The Bertz CT molecular complexity index is 511. The predicted octanol–water partition coefficient (Wildman–Crippen LogP) is 3.36. The number of ether oxygens (including phenoxy) is 1. The molecule has 94 valence electrons. The maximum absolute atomic E-state index is 6.30. The zero-order valence-electron chi connectivity index (χ0n) is 11.1.